The molecule has 3 nitrogen and oxygen atoms in total. The average molecular weight is 262 g/mol. The number of hydrogen-bond donors (Lipinski definition) is 1. The lowest BCUT2D eigenvalue weighted by Crippen LogP contribution is -2.24. The normalized spacial score (nSPS) is 19.1. The fourth-order valence-electron chi connectivity index (χ4n) is 2.79. The van der Waals surface area contributed by atoms with Crippen LogP contribution in [-0.4, -0.2) is 33.4 Å². The molecule has 0 spiro atoms. The minimum Gasteiger partial charge on any atom is -0.384 e. The molecule has 1 heterocycles. The second-order valence-corrected chi connectivity index (χ2v) is 5.36. The van der Waals surface area contributed by atoms with Crippen LogP contribution in [0.2, 0.25) is 0 Å². The quantitative estimate of drug-likeness (QED) is 0.765. The summed E-state index contributed by atoms with van der Waals surface area (Å²) in [7, 11) is 1.80. The number of nitrogens with zero attached hydrogens (tertiary/aromatic N) is 1. The lowest BCUT2D eigenvalue weighted by molar-refractivity contribution is 0.161. The maximum absolute atomic E-state index is 5.28. The predicted molar refractivity (Wildman–Crippen MR) is 80.6 cm³/mol. The first-order valence-electron chi connectivity index (χ1n) is 7.37. The van der Waals surface area contributed by atoms with Crippen molar-refractivity contribution in [1.29, 1.82) is 0 Å². The second-order valence-electron chi connectivity index (χ2n) is 5.36. The number of rotatable bonds is 7. The molecule has 1 aromatic carbocycles. The van der Waals surface area contributed by atoms with Crippen molar-refractivity contribution >= 4 is 5.69 Å². The first kappa shape index (κ1) is 14.4. The van der Waals surface area contributed by atoms with Crippen molar-refractivity contribution in [2.24, 2.45) is 5.92 Å². The predicted octanol–water partition coefficient (Wildman–Crippen LogP) is 2.66. The summed E-state index contributed by atoms with van der Waals surface area (Å²) in [6, 6.07) is 8.76. The molecular formula is C16H26N2O. The molecule has 1 aromatic rings. The Hall–Kier alpha value is -1.06. The van der Waals surface area contributed by atoms with Crippen molar-refractivity contribution in [3.8, 4) is 0 Å². The monoisotopic (exact) mass is 262 g/mol. The van der Waals surface area contributed by atoms with Gasteiger partial charge in [-0.2, -0.15) is 0 Å². The molecule has 0 bridgehead atoms. The van der Waals surface area contributed by atoms with Crippen LogP contribution < -0.4 is 10.2 Å². The van der Waals surface area contributed by atoms with Gasteiger partial charge in [0.1, 0.15) is 0 Å². The van der Waals surface area contributed by atoms with Crippen LogP contribution in [0.1, 0.15) is 25.3 Å². The molecule has 1 aliphatic rings. The number of methoxy groups -OCH3 is 1. The molecule has 1 atom stereocenters. The van der Waals surface area contributed by atoms with Gasteiger partial charge in [0, 0.05) is 38.3 Å². The highest BCUT2D eigenvalue weighted by molar-refractivity contribution is 5.54. The van der Waals surface area contributed by atoms with Crippen LogP contribution in [0, 0.1) is 5.92 Å². The first-order chi connectivity index (χ1) is 9.35. The highest BCUT2D eigenvalue weighted by Crippen LogP contribution is 2.27. The molecule has 0 aliphatic carbocycles. The Morgan fingerprint density at radius 3 is 3.00 bits per heavy atom. The SMILES string of the molecule is CCCNCc1ccccc1N1CCC(COC)C1. The van der Waals surface area contributed by atoms with E-state index >= 15 is 0 Å². The van der Waals surface area contributed by atoms with Gasteiger partial charge in [0.15, 0.2) is 0 Å². The van der Waals surface area contributed by atoms with E-state index in [0.717, 1.165) is 32.8 Å². The summed E-state index contributed by atoms with van der Waals surface area (Å²) in [6.07, 6.45) is 2.42. The van der Waals surface area contributed by atoms with Gasteiger partial charge in [0.05, 0.1) is 6.61 Å². The van der Waals surface area contributed by atoms with Gasteiger partial charge in [-0.25, -0.2) is 0 Å². The molecule has 2 rings (SSSR count). The molecule has 0 amide bonds. The van der Waals surface area contributed by atoms with Crippen LogP contribution in [0.5, 0.6) is 0 Å². The topological polar surface area (TPSA) is 24.5 Å². The van der Waals surface area contributed by atoms with E-state index in [9.17, 15) is 0 Å². The zero-order chi connectivity index (χ0) is 13.5. The number of ether oxygens (including phenoxy) is 1. The number of nitrogens with one attached hydrogen (secondary N) is 1. The van der Waals surface area contributed by atoms with Gasteiger partial charge in [-0.15, -0.1) is 0 Å². The maximum atomic E-state index is 5.28. The summed E-state index contributed by atoms with van der Waals surface area (Å²) in [5.74, 6) is 0.682. The van der Waals surface area contributed by atoms with Gasteiger partial charge in [-0.05, 0) is 31.0 Å². The van der Waals surface area contributed by atoms with E-state index in [1.807, 2.05) is 0 Å². The molecule has 0 aromatic heterocycles. The molecule has 0 saturated carbocycles. The number of hydrogen-bond acceptors (Lipinski definition) is 3. The summed E-state index contributed by atoms with van der Waals surface area (Å²) in [6.45, 7) is 7.41. The van der Waals surface area contributed by atoms with Crippen LogP contribution in [0.15, 0.2) is 24.3 Å². The van der Waals surface area contributed by atoms with Gasteiger partial charge in [0.2, 0.25) is 0 Å². The minimum atomic E-state index is 0.682. The molecule has 1 aliphatic heterocycles. The van der Waals surface area contributed by atoms with Crippen molar-refractivity contribution < 1.29 is 4.74 Å². The molecule has 1 N–H and O–H groups in total. The summed E-state index contributed by atoms with van der Waals surface area (Å²) >= 11 is 0. The summed E-state index contributed by atoms with van der Waals surface area (Å²) < 4.78 is 5.28. The van der Waals surface area contributed by atoms with Crippen LogP contribution in [0.4, 0.5) is 5.69 Å². The third-order valence-corrected chi connectivity index (χ3v) is 3.76. The van der Waals surface area contributed by atoms with E-state index in [0.29, 0.717) is 5.92 Å². The fraction of sp³-hybridized carbons (Fsp3) is 0.625. The van der Waals surface area contributed by atoms with Gasteiger partial charge < -0.3 is 15.0 Å². The second kappa shape index (κ2) is 7.51. The highest BCUT2D eigenvalue weighted by Gasteiger charge is 2.23. The van der Waals surface area contributed by atoms with E-state index in [-0.39, 0.29) is 0 Å². The Bertz CT molecular complexity index is 381. The molecular weight excluding hydrogens is 236 g/mol. The Morgan fingerprint density at radius 1 is 1.37 bits per heavy atom. The lowest BCUT2D eigenvalue weighted by atomic mass is 10.1. The Kier molecular flexibility index (Phi) is 5.67. The Morgan fingerprint density at radius 2 is 2.21 bits per heavy atom. The summed E-state index contributed by atoms with van der Waals surface area (Å²) in [5.41, 5.74) is 2.80. The third-order valence-electron chi connectivity index (χ3n) is 3.76. The molecule has 106 valence electrons. The van der Waals surface area contributed by atoms with Crippen molar-refractivity contribution in [3.05, 3.63) is 29.8 Å². The van der Waals surface area contributed by atoms with Crippen molar-refractivity contribution in [2.45, 2.75) is 26.3 Å². The Balaban J connectivity index is 1.99. The third kappa shape index (κ3) is 3.95. The van der Waals surface area contributed by atoms with Gasteiger partial charge >= 0.3 is 0 Å². The minimum absolute atomic E-state index is 0.682. The van der Waals surface area contributed by atoms with Crippen molar-refractivity contribution in [3.63, 3.8) is 0 Å². The number of anilines is 1. The average Bonchev–Trinajstić information content (AvgIpc) is 2.89. The van der Waals surface area contributed by atoms with Gasteiger partial charge in [0.25, 0.3) is 0 Å². The van der Waals surface area contributed by atoms with Gasteiger partial charge in [-0.3, -0.25) is 0 Å². The first-order valence-corrected chi connectivity index (χ1v) is 7.37. The molecule has 1 unspecified atom stereocenters. The molecule has 3 heteroatoms. The van der Waals surface area contributed by atoms with Crippen molar-refractivity contribution in [2.75, 3.05) is 38.3 Å². The van der Waals surface area contributed by atoms with Crippen LogP contribution in [0.25, 0.3) is 0 Å². The zero-order valence-corrected chi connectivity index (χ0v) is 12.2. The highest BCUT2D eigenvalue weighted by atomic mass is 16.5. The van der Waals surface area contributed by atoms with Crippen LogP contribution in [0.3, 0.4) is 0 Å². The number of benzene rings is 1. The maximum Gasteiger partial charge on any atom is 0.0508 e. The lowest BCUT2D eigenvalue weighted by Gasteiger charge is -2.22. The molecule has 19 heavy (non-hydrogen) atoms. The molecule has 1 fully saturated rings. The zero-order valence-electron chi connectivity index (χ0n) is 12.2. The van der Waals surface area contributed by atoms with E-state index in [2.05, 4.69) is 41.4 Å². The van der Waals surface area contributed by atoms with Crippen LogP contribution in [-0.2, 0) is 11.3 Å². The largest absolute Gasteiger partial charge is 0.384 e. The fourth-order valence-corrected chi connectivity index (χ4v) is 2.79. The summed E-state index contributed by atoms with van der Waals surface area (Å²) in [4.78, 5) is 2.51. The van der Waals surface area contributed by atoms with E-state index in [1.165, 1.54) is 24.1 Å². The van der Waals surface area contributed by atoms with Crippen LogP contribution >= 0.6 is 0 Å². The van der Waals surface area contributed by atoms with E-state index in [1.54, 1.807) is 7.11 Å². The summed E-state index contributed by atoms with van der Waals surface area (Å²) in [5, 5.41) is 3.50. The molecule has 0 radical (unpaired) electrons. The van der Waals surface area contributed by atoms with E-state index in [4.69, 9.17) is 4.74 Å². The number of para-hydroxylation sites is 1. The van der Waals surface area contributed by atoms with Gasteiger partial charge in [-0.1, -0.05) is 25.1 Å². The molecule has 1 saturated heterocycles. The van der Waals surface area contributed by atoms with E-state index < -0.39 is 0 Å². The standard InChI is InChI=1S/C16H26N2O/c1-3-9-17-11-15-6-4-5-7-16(15)18-10-8-14(12-18)13-19-2/h4-7,14,17H,3,8-13H2,1-2H3. The smallest absolute Gasteiger partial charge is 0.0508 e. The van der Waals surface area contributed by atoms with Crippen molar-refractivity contribution in [1.82, 2.24) is 5.32 Å². The Labute approximate surface area is 116 Å².